The van der Waals surface area contributed by atoms with Gasteiger partial charge in [0.05, 0.1) is 23.6 Å². The van der Waals surface area contributed by atoms with E-state index < -0.39 is 46.8 Å². The van der Waals surface area contributed by atoms with Gasteiger partial charge in [0.2, 0.25) is 0 Å². The summed E-state index contributed by atoms with van der Waals surface area (Å²) in [5.41, 5.74) is -2.62. The fraction of sp³-hybridized carbons (Fsp3) is 0.385. The Morgan fingerprint density at radius 1 is 1.27 bits per heavy atom. The van der Waals surface area contributed by atoms with E-state index in [1.54, 1.807) is 0 Å². The Balaban J connectivity index is 2.25. The zero-order valence-electron chi connectivity index (χ0n) is 11.0. The summed E-state index contributed by atoms with van der Waals surface area (Å²) < 4.78 is 64.6. The summed E-state index contributed by atoms with van der Waals surface area (Å²) in [4.78, 5) is 11.9. The highest BCUT2D eigenvalue weighted by molar-refractivity contribution is 5.95. The average molecular weight is 319 g/mol. The van der Waals surface area contributed by atoms with E-state index in [-0.39, 0.29) is 18.7 Å². The van der Waals surface area contributed by atoms with Crippen LogP contribution in [0.4, 0.5) is 22.0 Å². The smallest absolute Gasteiger partial charge is 0.346 e. The first-order valence-corrected chi connectivity index (χ1v) is 6.21. The van der Waals surface area contributed by atoms with Crippen LogP contribution in [0.3, 0.4) is 0 Å². The second-order valence-electron chi connectivity index (χ2n) is 4.79. The van der Waals surface area contributed by atoms with E-state index in [9.17, 15) is 26.7 Å². The predicted molar refractivity (Wildman–Crippen MR) is 64.6 cm³/mol. The summed E-state index contributed by atoms with van der Waals surface area (Å²) in [5, 5.41) is 13.9. The minimum atomic E-state index is -4.92. The van der Waals surface area contributed by atoms with Gasteiger partial charge in [-0.15, -0.1) is 0 Å². The molecule has 1 aliphatic rings. The summed E-state index contributed by atoms with van der Waals surface area (Å²) in [6.07, 6.45) is -4.92. The van der Waals surface area contributed by atoms with Gasteiger partial charge in [-0.1, -0.05) is 0 Å². The molecule has 118 valence electrons. The van der Waals surface area contributed by atoms with E-state index >= 15 is 0 Å². The molecule has 2 atom stereocenters. The Morgan fingerprint density at radius 3 is 2.36 bits per heavy atom. The lowest BCUT2D eigenvalue weighted by atomic mass is 10.0. The van der Waals surface area contributed by atoms with Crippen LogP contribution in [0.1, 0.15) is 15.9 Å². The number of amides is 1. The molecule has 1 heterocycles. The molecule has 1 aliphatic heterocycles. The lowest BCUT2D eigenvalue weighted by Gasteiger charge is -2.16. The van der Waals surface area contributed by atoms with Gasteiger partial charge in [0.1, 0.15) is 17.2 Å². The van der Waals surface area contributed by atoms with Crippen molar-refractivity contribution in [3.63, 3.8) is 0 Å². The van der Waals surface area contributed by atoms with Crippen molar-refractivity contribution in [2.75, 3.05) is 13.1 Å². The molecule has 0 aliphatic carbocycles. The lowest BCUT2D eigenvalue weighted by Crippen LogP contribution is -2.40. The molecular formula is C13H10F5N3O. The molecule has 0 aromatic heterocycles. The van der Waals surface area contributed by atoms with Crippen LogP contribution in [0.25, 0.3) is 0 Å². The van der Waals surface area contributed by atoms with E-state index in [1.807, 2.05) is 6.07 Å². The molecule has 1 amide bonds. The molecule has 1 saturated heterocycles. The van der Waals surface area contributed by atoms with Crippen molar-refractivity contribution >= 4 is 5.91 Å². The number of benzene rings is 1. The maximum Gasteiger partial charge on any atom is 0.416 e. The second-order valence-corrected chi connectivity index (χ2v) is 4.79. The standard InChI is InChI=1S/C13H10F5N3O/c14-8-1-7(13(16,17)18)2-9(15)11(8)12(22)21-10-5-20-4-6(10)3-19/h1-2,6,10,20H,4-5H2,(H,21,22). The molecule has 0 spiro atoms. The van der Waals surface area contributed by atoms with Crippen LogP contribution < -0.4 is 10.6 Å². The Labute approximate surface area is 121 Å². The molecule has 0 radical (unpaired) electrons. The first-order chi connectivity index (χ1) is 10.2. The SMILES string of the molecule is N#CC1CNCC1NC(=O)c1c(F)cc(C(F)(F)F)cc1F. The molecular weight excluding hydrogens is 309 g/mol. The maximum atomic E-state index is 13.7. The zero-order chi connectivity index (χ0) is 16.5. The van der Waals surface area contributed by atoms with Crippen LogP contribution in [-0.2, 0) is 6.18 Å². The van der Waals surface area contributed by atoms with E-state index in [0.717, 1.165) is 0 Å². The van der Waals surface area contributed by atoms with Gasteiger partial charge in [-0.3, -0.25) is 4.79 Å². The number of hydrogen-bond donors (Lipinski definition) is 2. The fourth-order valence-electron chi connectivity index (χ4n) is 2.16. The monoisotopic (exact) mass is 319 g/mol. The maximum absolute atomic E-state index is 13.7. The topological polar surface area (TPSA) is 64.9 Å². The van der Waals surface area contributed by atoms with Gasteiger partial charge in [0.15, 0.2) is 0 Å². The average Bonchev–Trinajstić information content (AvgIpc) is 2.83. The van der Waals surface area contributed by atoms with Gasteiger partial charge in [-0.2, -0.15) is 18.4 Å². The summed E-state index contributed by atoms with van der Waals surface area (Å²) in [7, 11) is 0. The van der Waals surface area contributed by atoms with Gasteiger partial charge < -0.3 is 10.6 Å². The van der Waals surface area contributed by atoms with Crippen LogP contribution >= 0.6 is 0 Å². The number of alkyl halides is 3. The highest BCUT2D eigenvalue weighted by atomic mass is 19.4. The van der Waals surface area contributed by atoms with Gasteiger partial charge in [-0.05, 0) is 12.1 Å². The van der Waals surface area contributed by atoms with Crippen molar-refractivity contribution in [2.24, 2.45) is 5.92 Å². The van der Waals surface area contributed by atoms with Crippen molar-refractivity contribution in [2.45, 2.75) is 12.2 Å². The van der Waals surface area contributed by atoms with Gasteiger partial charge >= 0.3 is 6.18 Å². The Bertz CT molecular complexity index is 615. The Kier molecular flexibility index (Phi) is 4.32. The third-order valence-electron chi connectivity index (χ3n) is 3.29. The molecule has 0 saturated carbocycles. The predicted octanol–water partition coefficient (Wildman–Crippen LogP) is 1.82. The van der Waals surface area contributed by atoms with Crippen LogP contribution in [0.2, 0.25) is 0 Å². The summed E-state index contributed by atoms with van der Waals surface area (Å²) >= 11 is 0. The molecule has 4 nitrogen and oxygen atoms in total. The van der Waals surface area contributed by atoms with Gasteiger partial charge in [0, 0.05) is 13.1 Å². The van der Waals surface area contributed by atoms with Crippen molar-refractivity contribution in [1.29, 1.82) is 5.26 Å². The van der Waals surface area contributed by atoms with E-state index in [4.69, 9.17) is 5.26 Å². The third-order valence-corrected chi connectivity index (χ3v) is 3.29. The largest absolute Gasteiger partial charge is 0.416 e. The minimum Gasteiger partial charge on any atom is -0.346 e. The highest BCUT2D eigenvalue weighted by Crippen LogP contribution is 2.31. The second kappa shape index (κ2) is 5.88. The number of rotatable bonds is 2. The van der Waals surface area contributed by atoms with Crippen molar-refractivity contribution in [3.8, 4) is 6.07 Å². The Morgan fingerprint density at radius 2 is 1.86 bits per heavy atom. The normalized spacial score (nSPS) is 21.5. The molecule has 22 heavy (non-hydrogen) atoms. The number of nitrogens with zero attached hydrogens (tertiary/aromatic N) is 1. The molecule has 2 unspecified atom stereocenters. The lowest BCUT2D eigenvalue weighted by molar-refractivity contribution is -0.138. The third kappa shape index (κ3) is 3.17. The van der Waals surface area contributed by atoms with Crippen LogP contribution in [0, 0.1) is 28.9 Å². The first-order valence-electron chi connectivity index (χ1n) is 6.21. The number of carbonyl (C=O) groups is 1. The Hall–Kier alpha value is -2.21. The molecule has 0 bridgehead atoms. The summed E-state index contributed by atoms with van der Waals surface area (Å²) in [6.45, 7) is 0.535. The fourth-order valence-corrected chi connectivity index (χ4v) is 2.16. The minimum absolute atomic E-state index is 0.0622. The summed E-state index contributed by atoms with van der Waals surface area (Å²) in [6, 6.07) is 1.37. The van der Waals surface area contributed by atoms with E-state index in [1.165, 1.54) is 0 Å². The van der Waals surface area contributed by atoms with Crippen LogP contribution in [-0.4, -0.2) is 25.0 Å². The van der Waals surface area contributed by atoms with E-state index in [2.05, 4.69) is 10.6 Å². The van der Waals surface area contributed by atoms with Crippen molar-refractivity contribution in [1.82, 2.24) is 10.6 Å². The number of nitriles is 1. The molecule has 2 N–H and O–H groups in total. The van der Waals surface area contributed by atoms with Crippen molar-refractivity contribution in [3.05, 3.63) is 34.9 Å². The van der Waals surface area contributed by atoms with Gasteiger partial charge in [0.25, 0.3) is 5.91 Å². The number of halogens is 5. The molecule has 1 fully saturated rings. The van der Waals surface area contributed by atoms with Gasteiger partial charge in [-0.25, -0.2) is 8.78 Å². The quantitative estimate of drug-likeness (QED) is 0.818. The molecule has 2 rings (SSSR count). The first kappa shape index (κ1) is 16.2. The number of hydrogen-bond acceptors (Lipinski definition) is 3. The highest BCUT2D eigenvalue weighted by Gasteiger charge is 2.35. The van der Waals surface area contributed by atoms with E-state index in [0.29, 0.717) is 6.54 Å². The molecule has 1 aromatic carbocycles. The molecule has 9 heteroatoms. The number of nitrogens with one attached hydrogen (secondary N) is 2. The van der Waals surface area contributed by atoms with Crippen molar-refractivity contribution < 1.29 is 26.7 Å². The van der Waals surface area contributed by atoms with Crippen LogP contribution in [0.15, 0.2) is 12.1 Å². The van der Waals surface area contributed by atoms with Crippen LogP contribution in [0.5, 0.6) is 0 Å². The molecule has 1 aromatic rings. The summed E-state index contributed by atoms with van der Waals surface area (Å²) in [5.74, 6) is -4.99. The number of carbonyl (C=O) groups excluding carboxylic acids is 1. The zero-order valence-corrected chi connectivity index (χ0v) is 11.0.